The van der Waals surface area contributed by atoms with Gasteiger partial charge in [0.2, 0.25) is 0 Å². The molecule has 0 aromatic carbocycles. The van der Waals surface area contributed by atoms with Gasteiger partial charge in [-0.15, -0.1) is 0 Å². The Morgan fingerprint density at radius 3 is 2.18 bits per heavy atom. The molecule has 11 heavy (non-hydrogen) atoms. The van der Waals surface area contributed by atoms with Gasteiger partial charge in [0.05, 0.1) is 0 Å². The summed E-state index contributed by atoms with van der Waals surface area (Å²) in [7, 11) is 0. The van der Waals surface area contributed by atoms with E-state index >= 15 is 0 Å². The van der Waals surface area contributed by atoms with E-state index in [4.69, 9.17) is 10.2 Å². The average molecular weight is 158 g/mol. The quantitative estimate of drug-likeness (QED) is 0.479. The normalized spacial score (nSPS) is 8.55. The molecule has 0 rings (SSSR count). The fraction of sp³-hybridized carbons (Fsp3) is 0.375. The maximum atomic E-state index is 9.25. The summed E-state index contributed by atoms with van der Waals surface area (Å²) in [6.07, 6.45) is 5.48. The maximum Gasteiger partial charge on any atom is 0.327 e. The molecule has 0 aromatic heterocycles. The Hall–Kier alpha value is -1.09. The number of carboxylic acids is 1. The van der Waals surface area contributed by atoms with Crippen molar-refractivity contribution in [1.82, 2.24) is 0 Å². The molecule has 0 atom stereocenters. The van der Waals surface area contributed by atoms with Crippen LogP contribution in [-0.2, 0) is 4.79 Å². The molecular formula is C8H14O3. The van der Waals surface area contributed by atoms with Crippen LogP contribution in [0.25, 0.3) is 0 Å². The molecule has 0 aliphatic heterocycles. The first kappa shape index (κ1) is 12.6. The van der Waals surface area contributed by atoms with E-state index in [1.54, 1.807) is 0 Å². The average Bonchev–Trinajstić information content (AvgIpc) is 2.02. The predicted octanol–water partition coefficient (Wildman–Crippen LogP) is 1.20. The van der Waals surface area contributed by atoms with Gasteiger partial charge < -0.3 is 10.2 Å². The van der Waals surface area contributed by atoms with Crippen LogP contribution in [0.4, 0.5) is 0 Å². The summed E-state index contributed by atoms with van der Waals surface area (Å²) in [6, 6.07) is 0. The van der Waals surface area contributed by atoms with Crippen LogP contribution in [0.2, 0.25) is 0 Å². The highest BCUT2D eigenvalue weighted by molar-refractivity contribution is 5.78. The minimum atomic E-state index is -0.981. The molecule has 0 heterocycles. The Morgan fingerprint density at radius 1 is 1.64 bits per heavy atom. The van der Waals surface area contributed by atoms with Gasteiger partial charge in [0, 0.05) is 12.7 Å². The van der Waals surface area contributed by atoms with Crippen molar-refractivity contribution in [3.05, 3.63) is 24.8 Å². The molecule has 3 nitrogen and oxygen atoms in total. The third-order valence-electron chi connectivity index (χ3n) is 0.706. The Kier molecular flexibility index (Phi) is 13.3. The van der Waals surface area contributed by atoms with Crippen molar-refractivity contribution < 1.29 is 15.0 Å². The zero-order chi connectivity index (χ0) is 9.11. The van der Waals surface area contributed by atoms with Crippen molar-refractivity contribution in [1.29, 1.82) is 0 Å². The first-order valence-corrected chi connectivity index (χ1v) is 3.26. The van der Waals surface area contributed by atoms with Crippen LogP contribution in [0.1, 0.15) is 13.3 Å². The molecule has 0 saturated heterocycles. The number of aliphatic hydroxyl groups is 1. The molecule has 0 aliphatic carbocycles. The van der Waals surface area contributed by atoms with E-state index in [9.17, 15) is 4.79 Å². The number of hydrogen-bond donors (Lipinski definition) is 2. The second-order valence-corrected chi connectivity index (χ2v) is 1.62. The molecule has 0 unspecified atom stereocenters. The van der Waals surface area contributed by atoms with E-state index in [0.29, 0.717) is 0 Å². The monoisotopic (exact) mass is 158 g/mol. The highest BCUT2D eigenvalue weighted by Crippen LogP contribution is 1.75. The van der Waals surface area contributed by atoms with Gasteiger partial charge in [-0.1, -0.05) is 18.7 Å². The summed E-state index contributed by atoms with van der Waals surface area (Å²) >= 11 is 0. The fourth-order valence-corrected chi connectivity index (χ4v) is 0.241. The maximum absolute atomic E-state index is 9.25. The Balaban J connectivity index is 0. The van der Waals surface area contributed by atoms with Crippen molar-refractivity contribution in [2.45, 2.75) is 13.3 Å². The number of rotatable bonds is 3. The van der Waals surface area contributed by atoms with E-state index in [2.05, 4.69) is 6.58 Å². The molecule has 0 radical (unpaired) electrons. The van der Waals surface area contributed by atoms with Gasteiger partial charge in [0.15, 0.2) is 0 Å². The van der Waals surface area contributed by atoms with E-state index in [0.717, 1.165) is 12.5 Å². The number of carbonyl (C=O) groups is 1. The molecule has 0 fully saturated rings. The summed E-state index contributed by atoms with van der Waals surface area (Å²) in [5.74, 6) is -0.981. The molecule has 0 aliphatic rings. The number of carboxylic acid groups (broad SMARTS) is 1. The van der Waals surface area contributed by atoms with Gasteiger partial charge in [-0.25, -0.2) is 4.79 Å². The SMILES string of the molecule is C=CC(=O)O.CC=CCCO. The van der Waals surface area contributed by atoms with Crippen LogP contribution < -0.4 is 0 Å². The number of aliphatic hydroxyl groups excluding tert-OH is 1. The minimum Gasteiger partial charge on any atom is -0.478 e. The summed E-state index contributed by atoms with van der Waals surface area (Å²) in [4.78, 5) is 9.25. The summed E-state index contributed by atoms with van der Waals surface area (Å²) in [5, 5.41) is 15.8. The van der Waals surface area contributed by atoms with Crippen molar-refractivity contribution >= 4 is 5.97 Å². The van der Waals surface area contributed by atoms with Gasteiger partial charge in [0.25, 0.3) is 0 Å². The predicted molar refractivity (Wildman–Crippen MR) is 44.3 cm³/mol. The number of hydrogen-bond acceptors (Lipinski definition) is 2. The van der Waals surface area contributed by atoms with E-state index in [-0.39, 0.29) is 6.61 Å². The third-order valence-corrected chi connectivity index (χ3v) is 0.706. The highest BCUT2D eigenvalue weighted by Gasteiger charge is 1.73. The largest absolute Gasteiger partial charge is 0.478 e. The Labute approximate surface area is 66.7 Å². The van der Waals surface area contributed by atoms with Crippen molar-refractivity contribution in [2.24, 2.45) is 0 Å². The first-order valence-electron chi connectivity index (χ1n) is 3.26. The molecule has 0 amide bonds. The molecule has 3 heteroatoms. The molecule has 2 N–H and O–H groups in total. The molecule has 64 valence electrons. The lowest BCUT2D eigenvalue weighted by Crippen LogP contribution is -1.82. The zero-order valence-electron chi connectivity index (χ0n) is 6.66. The second-order valence-electron chi connectivity index (χ2n) is 1.62. The minimum absolute atomic E-state index is 0.268. The van der Waals surface area contributed by atoms with Crippen LogP contribution in [0.5, 0.6) is 0 Å². The van der Waals surface area contributed by atoms with Gasteiger partial charge in [-0.05, 0) is 13.3 Å². The standard InChI is InChI=1S/C5H10O.C3H4O2/c1-2-3-4-5-6;1-2-3(4)5/h2-3,6H,4-5H2,1H3;2H,1H2,(H,4,5). The Morgan fingerprint density at radius 2 is 2.09 bits per heavy atom. The van der Waals surface area contributed by atoms with E-state index in [1.165, 1.54) is 0 Å². The third kappa shape index (κ3) is 27.8. The molecule has 0 bridgehead atoms. The van der Waals surface area contributed by atoms with Crippen LogP contribution in [0.15, 0.2) is 24.8 Å². The zero-order valence-corrected chi connectivity index (χ0v) is 6.66. The summed E-state index contributed by atoms with van der Waals surface area (Å²) in [6.45, 7) is 5.17. The molecule has 0 spiro atoms. The number of aliphatic carboxylic acids is 1. The van der Waals surface area contributed by atoms with Gasteiger partial charge >= 0.3 is 5.97 Å². The van der Waals surface area contributed by atoms with Gasteiger partial charge in [-0.3, -0.25) is 0 Å². The lowest BCUT2D eigenvalue weighted by molar-refractivity contribution is -0.131. The van der Waals surface area contributed by atoms with Crippen molar-refractivity contribution in [3.63, 3.8) is 0 Å². The van der Waals surface area contributed by atoms with Crippen molar-refractivity contribution in [3.8, 4) is 0 Å². The fourth-order valence-electron chi connectivity index (χ4n) is 0.241. The van der Waals surface area contributed by atoms with Crippen LogP contribution >= 0.6 is 0 Å². The summed E-state index contributed by atoms with van der Waals surface area (Å²) in [5.41, 5.74) is 0. The van der Waals surface area contributed by atoms with Crippen LogP contribution in [-0.4, -0.2) is 22.8 Å². The summed E-state index contributed by atoms with van der Waals surface area (Å²) < 4.78 is 0. The van der Waals surface area contributed by atoms with Gasteiger partial charge in [-0.2, -0.15) is 0 Å². The van der Waals surface area contributed by atoms with Crippen LogP contribution in [0.3, 0.4) is 0 Å². The molecular weight excluding hydrogens is 144 g/mol. The smallest absolute Gasteiger partial charge is 0.327 e. The lowest BCUT2D eigenvalue weighted by atomic mass is 10.4. The first-order chi connectivity index (χ1) is 5.18. The highest BCUT2D eigenvalue weighted by atomic mass is 16.4. The molecule has 0 saturated carbocycles. The van der Waals surface area contributed by atoms with Gasteiger partial charge in [0.1, 0.15) is 0 Å². The Bertz CT molecular complexity index is 127. The topological polar surface area (TPSA) is 57.5 Å². The second kappa shape index (κ2) is 11.7. The van der Waals surface area contributed by atoms with Crippen LogP contribution in [0, 0.1) is 0 Å². The molecule has 0 aromatic rings. The van der Waals surface area contributed by atoms with E-state index in [1.807, 2.05) is 19.1 Å². The lowest BCUT2D eigenvalue weighted by Gasteiger charge is -1.76. The van der Waals surface area contributed by atoms with E-state index < -0.39 is 5.97 Å². The van der Waals surface area contributed by atoms with Crippen molar-refractivity contribution in [2.75, 3.05) is 6.61 Å². The number of allylic oxidation sites excluding steroid dienone is 1.